The highest BCUT2D eigenvalue weighted by Crippen LogP contribution is 2.46. The highest BCUT2D eigenvalue weighted by atomic mass is 16.5. The van der Waals surface area contributed by atoms with Crippen molar-refractivity contribution in [2.24, 2.45) is 0 Å². The van der Waals surface area contributed by atoms with Crippen LogP contribution in [0.3, 0.4) is 0 Å². The standard InChI is InChI=1S/C33H39N3O4/c1-21-18-35(19-22(2)40-21)33(39)26-16-24-10-6-7-11-27(24)31-30(23-8-4-3-5-9-23)28-13-12-25(32(38)34-14-15-37)17-29(28)36(31)20-26/h6-7,10-13,16-17,21-23,37H,3-5,8-9,14-15,18-20H2,1-2H3,(H,34,38)/t21-,22+. The van der Waals surface area contributed by atoms with E-state index in [9.17, 15) is 14.7 Å². The van der Waals surface area contributed by atoms with E-state index >= 15 is 0 Å². The van der Waals surface area contributed by atoms with Crippen molar-refractivity contribution in [3.8, 4) is 11.3 Å². The monoisotopic (exact) mass is 541 g/mol. The molecule has 2 aliphatic heterocycles. The molecule has 1 aromatic heterocycles. The summed E-state index contributed by atoms with van der Waals surface area (Å²) in [5.41, 5.74) is 6.99. The van der Waals surface area contributed by atoms with Crippen molar-refractivity contribution < 1.29 is 19.4 Å². The third-order valence-corrected chi connectivity index (χ3v) is 8.63. The van der Waals surface area contributed by atoms with Gasteiger partial charge in [-0.25, -0.2) is 0 Å². The third-order valence-electron chi connectivity index (χ3n) is 8.63. The maximum atomic E-state index is 14.1. The molecule has 2 amide bonds. The van der Waals surface area contributed by atoms with Gasteiger partial charge in [0.25, 0.3) is 11.8 Å². The van der Waals surface area contributed by atoms with Gasteiger partial charge in [0.05, 0.1) is 31.1 Å². The Kier molecular flexibility index (Phi) is 7.51. The maximum Gasteiger partial charge on any atom is 0.251 e. The minimum Gasteiger partial charge on any atom is -0.395 e. The van der Waals surface area contributed by atoms with Crippen LogP contribution in [0.1, 0.15) is 73.4 Å². The van der Waals surface area contributed by atoms with Gasteiger partial charge >= 0.3 is 0 Å². The van der Waals surface area contributed by atoms with E-state index in [0.717, 1.165) is 40.4 Å². The van der Waals surface area contributed by atoms with Crippen molar-refractivity contribution in [1.29, 1.82) is 0 Å². The van der Waals surface area contributed by atoms with Crippen molar-refractivity contribution in [2.45, 2.75) is 70.6 Å². The zero-order valence-corrected chi connectivity index (χ0v) is 23.5. The van der Waals surface area contributed by atoms with E-state index in [2.05, 4.69) is 40.2 Å². The number of ether oxygens (including phenoxy) is 1. The SMILES string of the molecule is C[C@@H]1CN(C(=O)C2=Cc3ccccc3-c3c(C4CCCCC4)c4ccc(C(=O)NCCO)cc4n3C2)C[C@H](C)O1. The molecule has 6 rings (SSSR count). The molecule has 210 valence electrons. The molecule has 0 radical (unpaired) electrons. The lowest BCUT2D eigenvalue weighted by molar-refractivity contribution is -0.139. The van der Waals surface area contributed by atoms with Crippen LogP contribution >= 0.6 is 0 Å². The Labute approximate surface area is 235 Å². The van der Waals surface area contributed by atoms with Gasteiger partial charge in [0, 0.05) is 47.2 Å². The molecule has 2 fully saturated rings. The Morgan fingerprint density at radius 2 is 1.77 bits per heavy atom. The Hall–Kier alpha value is -3.42. The van der Waals surface area contributed by atoms with Crippen LogP contribution in [0.2, 0.25) is 0 Å². The summed E-state index contributed by atoms with van der Waals surface area (Å²) < 4.78 is 8.19. The molecule has 2 N–H and O–H groups in total. The number of aliphatic hydroxyl groups is 1. The number of nitrogens with zero attached hydrogens (tertiary/aromatic N) is 2. The van der Waals surface area contributed by atoms with E-state index in [1.807, 2.05) is 36.9 Å². The normalized spacial score (nSPS) is 21.4. The molecule has 3 aliphatic rings. The van der Waals surface area contributed by atoms with Gasteiger partial charge in [0.15, 0.2) is 0 Å². The Morgan fingerprint density at radius 1 is 1.02 bits per heavy atom. The largest absolute Gasteiger partial charge is 0.395 e. The lowest BCUT2D eigenvalue weighted by Gasteiger charge is -2.35. The first-order valence-electron chi connectivity index (χ1n) is 14.7. The minimum atomic E-state index is -0.206. The highest BCUT2D eigenvalue weighted by molar-refractivity contribution is 6.04. The van der Waals surface area contributed by atoms with Crippen LogP contribution in [-0.4, -0.2) is 64.8 Å². The molecule has 3 heterocycles. The number of hydrogen-bond donors (Lipinski definition) is 2. The second-order valence-electron chi connectivity index (χ2n) is 11.6. The van der Waals surface area contributed by atoms with Gasteiger partial charge in [-0.2, -0.15) is 0 Å². The fourth-order valence-electron chi connectivity index (χ4n) is 6.97. The quantitative estimate of drug-likeness (QED) is 0.470. The predicted molar refractivity (Wildman–Crippen MR) is 157 cm³/mol. The number of amides is 2. The summed E-state index contributed by atoms with van der Waals surface area (Å²) in [5.74, 6) is 0.276. The van der Waals surface area contributed by atoms with Crippen molar-refractivity contribution in [3.63, 3.8) is 0 Å². The fourth-order valence-corrected chi connectivity index (χ4v) is 6.97. The van der Waals surface area contributed by atoms with E-state index < -0.39 is 0 Å². The van der Waals surface area contributed by atoms with E-state index in [1.54, 1.807) is 0 Å². The van der Waals surface area contributed by atoms with Crippen LogP contribution in [0.5, 0.6) is 0 Å². The van der Waals surface area contributed by atoms with E-state index in [-0.39, 0.29) is 37.2 Å². The van der Waals surface area contributed by atoms with Crippen molar-refractivity contribution in [3.05, 3.63) is 64.7 Å². The van der Waals surface area contributed by atoms with Gasteiger partial charge in [-0.15, -0.1) is 0 Å². The molecule has 1 saturated carbocycles. The van der Waals surface area contributed by atoms with Crippen LogP contribution in [0.25, 0.3) is 28.2 Å². The van der Waals surface area contributed by atoms with Gasteiger partial charge in [-0.1, -0.05) is 49.6 Å². The number of morpholine rings is 1. The number of carbonyl (C=O) groups excluding carboxylic acids is 2. The molecule has 7 nitrogen and oxygen atoms in total. The minimum absolute atomic E-state index is 0.00720. The van der Waals surface area contributed by atoms with Crippen LogP contribution < -0.4 is 5.32 Å². The zero-order chi connectivity index (χ0) is 27.8. The van der Waals surface area contributed by atoms with Crippen molar-refractivity contribution >= 4 is 28.8 Å². The Balaban J connectivity index is 1.53. The average molecular weight is 542 g/mol. The summed E-state index contributed by atoms with van der Waals surface area (Å²) in [6.45, 7) is 5.73. The lowest BCUT2D eigenvalue weighted by atomic mass is 9.81. The third kappa shape index (κ3) is 4.97. The maximum absolute atomic E-state index is 14.1. The summed E-state index contributed by atoms with van der Waals surface area (Å²) in [7, 11) is 0. The summed E-state index contributed by atoms with van der Waals surface area (Å²) in [5, 5.41) is 13.2. The highest BCUT2D eigenvalue weighted by Gasteiger charge is 2.33. The molecule has 40 heavy (non-hydrogen) atoms. The number of benzene rings is 2. The van der Waals surface area contributed by atoms with Gasteiger partial charge in [0.2, 0.25) is 0 Å². The van der Waals surface area contributed by atoms with E-state index in [0.29, 0.717) is 31.1 Å². The number of nitrogens with one attached hydrogen (secondary N) is 1. The van der Waals surface area contributed by atoms with E-state index in [1.165, 1.54) is 30.5 Å². The zero-order valence-electron chi connectivity index (χ0n) is 23.5. The fraction of sp³-hybridized carbons (Fsp3) is 0.455. The molecule has 1 saturated heterocycles. The summed E-state index contributed by atoms with van der Waals surface area (Å²) in [6, 6.07) is 14.3. The van der Waals surface area contributed by atoms with Crippen molar-refractivity contribution in [1.82, 2.24) is 14.8 Å². The van der Waals surface area contributed by atoms with Crippen LogP contribution in [0.15, 0.2) is 48.0 Å². The van der Waals surface area contributed by atoms with E-state index in [4.69, 9.17) is 4.74 Å². The topological polar surface area (TPSA) is 83.8 Å². The van der Waals surface area contributed by atoms with Gasteiger partial charge in [0.1, 0.15) is 0 Å². The smallest absolute Gasteiger partial charge is 0.251 e. The first kappa shape index (κ1) is 26.8. The predicted octanol–water partition coefficient (Wildman–Crippen LogP) is 5.11. The summed E-state index contributed by atoms with van der Waals surface area (Å²) in [6.07, 6.45) is 8.06. The molecule has 0 spiro atoms. The summed E-state index contributed by atoms with van der Waals surface area (Å²) >= 11 is 0. The number of carbonyl (C=O) groups is 2. The van der Waals surface area contributed by atoms with Crippen LogP contribution in [-0.2, 0) is 16.1 Å². The number of aliphatic hydroxyl groups excluding tert-OH is 1. The van der Waals surface area contributed by atoms with Crippen LogP contribution in [0.4, 0.5) is 0 Å². The molecule has 0 unspecified atom stereocenters. The molecule has 2 atom stereocenters. The molecule has 0 bridgehead atoms. The molecule has 1 aliphatic carbocycles. The molecule has 7 heteroatoms. The molecule has 2 aromatic carbocycles. The molecular weight excluding hydrogens is 502 g/mol. The number of aromatic nitrogens is 1. The second kappa shape index (κ2) is 11.2. The van der Waals surface area contributed by atoms with Gasteiger partial charge < -0.3 is 24.6 Å². The Morgan fingerprint density at radius 3 is 2.52 bits per heavy atom. The first-order valence-corrected chi connectivity index (χ1v) is 14.7. The number of hydrogen-bond acceptors (Lipinski definition) is 4. The van der Waals surface area contributed by atoms with Gasteiger partial charge in [-0.05, 0) is 61.9 Å². The number of rotatable bonds is 5. The number of fused-ring (bicyclic) bond motifs is 5. The molecular formula is C33H39N3O4. The molecule has 3 aromatic rings. The summed E-state index contributed by atoms with van der Waals surface area (Å²) in [4.78, 5) is 28.9. The van der Waals surface area contributed by atoms with Crippen molar-refractivity contribution in [2.75, 3.05) is 26.2 Å². The first-order chi connectivity index (χ1) is 19.4. The average Bonchev–Trinajstić information content (AvgIpc) is 3.17. The Bertz CT molecular complexity index is 1460. The van der Waals surface area contributed by atoms with Gasteiger partial charge in [-0.3, -0.25) is 9.59 Å². The lowest BCUT2D eigenvalue weighted by Crippen LogP contribution is -2.48. The van der Waals surface area contributed by atoms with Crippen LogP contribution in [0, 0.1) is 0 Å². The second-order valence-corrected chi connectivity index (χ2v) is 11.6.